The molecule has 166 valence electrons. The molecule has 1 aliphatic rings. The molecule has 0 radical (unpaired) electrons. The number of nitrogens with zero attached hydrogens (tertiary/aromatic N) is 1. The van der Waals surface area contributed by atoms with Gasteiger partial charge < -0.3 is 24.3 Å². The molecule has 0 aliphatic carbocycles. The molecular weight excluding hydrogens is 410 g/mol. The first-order chi connectivity index (χ1) is 15.5. The Bertz CT molecular complexity index is 1180. The zero-order chi connectivity index (χ0) is 22.8. The van der Waals surface area contributed by atoms with Crippen LogP contribution in [0.15, 0.2) is 64.3 Å². The zero-order valence-corrected chi connectivity index (χ0v) is 18.0. The highest BCUT2D eigenvalue weighted by molar-refractivity contribution is 6.16. The monoisotopic (exact) mass is 435 g/mol. The molecule has 0 fully saturated rings. The van der Waals surface area contributed by atoms with E-state index in [0.29, 0.717) is 30.7 Å². The molecule has 2 heterocycles. The van der Waals surface area contributed by atoms with E-state index in [0.717, 1.165) is 11.8 Å². The Morgan fingerprint density at radius 3 is 2.62 bits per heavy atom. The first kappa shape index (κ1) is 21.5. The lowest BCUT2D eigenvalue weighted by Gasteiger charge is -2.27. The quantitative estimate of drug-likeness (QED) is 0.488. The molecular formula is C25H25NO6. The summed E-state index contributed by atoms with van der Waals surface area (Å²) in [7, 11) is 0. The minimum atomic E-state index is -0.824. The molecule has 1 unspecified atom stereocenters. The largest absolute Gasteiger partial charge is 0.504 e. The molecule has 1 aliphatic heterocycles. The molecule has 3 aromatic rings. The standard InChI is InChI=1S/C25H25NO6/c1-3-5-12-26-22(16-10-11-17(27)19(14-16)31-4-2)21(24(29)25(26)30)23(28)20-13-15-8-6-7-9-18(15)32-20/h6-11,13-14,22,27,29H,3-5,12H2,1-2H3. The summed E-state index contributed by atoms with van der Waals surface area (Å²) in [5.41, 5.74) is 1.06. The van der Waals surface area contributed by atoms with Crippen LogP contribution >= 0.6 is 0 Å². The number of ketones is 1. The highest BCUT2D eigenvalue weighted by Gasteiger charge is 2.44. The summed E-state index contributed by atoms with van der Waals surface area (Å²) in [6, 6.07) is 12.7. The topological polar surface area (TPSA) is 100 Å². The van der Waals surface area contributed by atoms with Crippen molar-refractivity contribution in [2.24, 2.45) is 0 Å². The van der Waals surface area contributed by atoms with Gasteiger partial charge in [0.25, 0.3) is 5.91 Å². The van der Waals surface area contributed by atoms with Crippen LogP contribution in [-0.2, 0) is 4.79 Å². The van der Waals surface area contributed by atoms with E-state index >= 15 is 0 Å². The lowest BCUT2D eigenvalue weighted by molar-refractivity contribution is -0.129. The van der Waals surface area contributed by atoms with E-state index in [-0.39, 0.29) is 22.8 Å². The van der Waals surface area contributed by atoms with Crippen LogP contribution in [0.25, 0.3) is 11.0 Å². The third-order valence-electron chi connectivity index (χ3n) is 5.55. The van der Waals surface area contributed by atoms with Crippen LogP contribution in [0.1, 0.15) is 48.8 Å². The SMILES string of the molecule is CCCCN1C(=O)C(O)=C(C(=O)c2cc3ccccc3o2)C1c1ccc(O)c(OCC)c1. The number of carbonyl (C=O) groups excluding carboxylic acids is 2. The van der Waals surface area contributed by atoms with Crippen molar-refractivity contribution >= 4 is 22.7 Å². The van der Waals surface area contributed by atoms with Gasteiger partial charge in [-0.15, -0.1) is 0 Å². The number of Topliss-reactive ketones (excluding diaryl/α,β-unsaturated/α-hetero) is 1. The van der Waals surface area contributed by atoms with E-state index in [2.05, 4.69) is 0 Å². The number of fused-ring (bicyclic) bond motifs is 1. The maximum atomic E-state index is 13.5. The summed E-state index contributed by atoms with van der Waals surface area (Å²) in [5, 5.41) is 21.6. The molecule has 1 atom stereocenters. The van der Waals surface area contributed by atoms with Crippen LogP contribution < -0.4 is 4.74 Å². The number of para-hydroxylation sites is 1. The van der Waals surface area contributed by atoms with Crippen LogP contribution in [0.3, 0.4) is 0 Å². The number of unbranched alkanes of at least 4 members (excludes halogenated alkanes) is 1. The number of aromatic hydroxyl groups is 1. The summed E-state index contributed by atoms with van der Waals surface area (Å²) in [6.07, 6.45) is 1.54. The van der Waals surface area contributed by atoms with E-state index in [1.165, 1.54) is 11.0 Å². The Morgan fingerprint density at radius 1 is 1.12 bits per heavy atom. The fraction of sp³-hybridized carbons (Fsp3) is 0.280. The number of rotatable bonds is 8. The van der Waals surface area contributed by atoms with Gasteiger partial charge in [0, 0.05) is 11.9 Å². The molecule has 0 saturated carbocycles. The summed E-state index contributed by atoms with van der Waals surface area (Å²) in [5.74, 6) is -1.49. The highest BCUT2D eigenvalue weighted by Crippen LogP contribution is 2.42. The molecule has 7 heteroatoms. The smallest absolute Gasteiger partial charge is 0.290 e. The minimum absolute atomic E-state index is 0.0432. The van der Waals surface area contributed by atoms with Gasteiger partial charge in [0.2, 0.25) is 5.78 Å². The number of aliphatic hydroxyl groups excluding tert-OH is 1. The van der Waals surface area contributed by atoms with Gasteiger partial charge in [-0.1, -0.05) is 37.6 Å². The van der Waals surface area contributed by atoms with Crippen LogP contribution in [0.5, 0.6) is 11.5 Å². The predicted octanol–water partition coefficient (Wildman–Crippen LogP) is 4.92. The Kier molecular flexibility index (Phi) is 5.90. The number of amides is 1. The van der Waals surface area contributed by atoms with E-state index in [9.17, 15) is 19.8 Å². The Balaban J connectivity index is 1.81. The van der Waals surface area contributed by atoms with Crippen molar-refractivity contribution in [1.29, 1.82) is 0 Å². The van der Waals surface area contributed by atoms with Gasteiger partial charge in [0.1, 0.15) is 5.58 Å². The van der Waals surface area contributed by atoms with Gasteiger partial charge in [-0.3, -0.25) is 9.59 Å². The fourth-order valence-corrected chi connectivity index (χ4v) is 3.99. The Hall–Kier alpha value is -3.74. The summed E-state index contributed by atoms with van der Waals surface area (Å²) in [4.78, 5) is 27.9. The van der Waals surface area contributed by atoms with Crippen molar-refractivity contribution in [3.63, 3.8) is 0 Å². The molecule has 2 aromatic carbocycles. The van der Waals surface area contributed by atoms with Crippen molar-refractivity contribution in [3.8, 4) is 11.5 Å². The first-order valence-corrected chi connectivity index (χ1v) is 10.7. The minimum Gasteiger partial charge on any atom is -0.504 e. The number of hydrogen-bond acceptors (Lipinski definition) is 6. The molecule has 7 nitrogen and oxygen atoms in total. The van der Waals surface area contributed by atoms with Gasteiger partial charge >= 0.3 is 0 Å². The number of phenolic OH excluding ortho intramolecular Hbond substituents is 1. The molecule has 4 rings (SSSR count). The van der Waals surface area contributed by atoms with Crippen LogP contribution in [0.2, 0.25) is 0 Å². The summed E-state index contributed by atoms with van der Waals surface area (Å²) >= 11 is 0. The van der Waals surface area contributed by atoms with Crippen LogP contribution in [0.4, 0.5) is 0 Å². The molecule has 0 saturated heterocycles. The van der Waals surface area contributed by atoms with Crippen molar-refractivity contribution in [1.82, 2.24) is 4.90 Å². The molecule has 32 heavy (non-hydrogen) atoms. The van der Waals surface area contributed by atoms with Gasteiger partial charge in [0.15, 0.2) is 23.0 Å². The van der Waals surface area contributed by atoms with Gasteiger partial charge in [-0.25, -0.2) is 0 Å². The first-order valence-electron chi connectivity index (χ1n) is 10.7. The Morgan fingerprint density at radius 2 is 1.91 bits per heavy atom. The van der Waals surface area contributed by atoms with Crippen molar-refractivity contribution in [3.05, 3.63) is 71.2 Å². The maximum Gasteiger partial charge on any atom is 0.290 e. The maximum absolute atomic E-state index is 13.5. The van der Waals surface area contributed by atoms with E-state index < -0.39 is 23.5 Å². The normalized spacial score (nSPS) is 16.2. The van der Waals surface area contributed by atoms with Crippen LogP contribution in [-0.4, -0.2) is 40.0 Å². The average molecular weight is 435 g/mol. The summed E-state index contributed by atoms with van der Waals surface area (Å²) in [6.45, 7) is 4.50. The number of phenols is 1. The van der Waals surface area contributed by atoms with E-state index in [1.807, 2.05) is 19.1 Å². The third-order valence-corrected chi connectivity index (χ3v) is 5.55. The number of ether oxygens (including phenoxy) is 1. The molecule has 1 aromatic heterocycles. The van der Waals surface area contributed by atoms with Gasteiger partial charge in [-0.2, -0.15) is 0 Å². The second-order valence-corrected chi connectivity index (χ2v) is 7.65. The summed E-state index contributed by atoms with van der Waals surface area (Å²) < 4.78 is 11.2. The number of benzene rings is 2. The van der Waals surface area contributed by atoms with Gasteiger partial charge in [-0.05, 0) is 43.2 Å². The van der Waals surface area contributed by atoms with Gasteiger partial charge in [0.05, 0.1) is 18.2 Å². The second-order valence-electron chi connectivity index (χ2n) is 7.65. The number of aliphatic hydroxyl groups is 1. The third kappa shape index (κ3) is 3.70. The second kappa shape index (κ2) is 8.78. The van der Waals surface area contributed by atoms with E-state index in [1.54, 1.807) is 37.3 Å². The molecule has 0 spiro atoms. The molecule has 2 N–H and O–H groups in total. The highest BCUT2D eigenvalue weighted by atomic mass is 16.5. The predicted molar refractivity (Wildman–Crippen MR) is 119 cm³/mol. The van der Waals surface area contributed by atoms with E-state index in [4.69, 9.17) is 9.15 Å². The fourth-order valence-electron chi connectivity index (χ4n) is 3.99. The molecule has 0 bridgehead atoms. The van der Waals surface area contributed by atoms with Crippen molar-refractivity contribution in [2.75, 3.05) is 13.2 Å². The number of carbonyl (C=O) groups is 2. The Labute approximate surface area is 185 Å². The van der Waals surface area contributed by atoms with Crippen molar-refractivity contribution in [2.45, 2.75) is 32.7 Å². The van der Waals surface area contributed by atoms with Crippen LogP contribution in [0, 0.1) is 0 Å². The molecule has 1 amide bonds. The number of hydrogen-bond donors (Lipinski definition) is 2. The number of furan rings is 1. The lowest BCUT2D eigenvalue weighted by Crippen LogP contribution is -2.32. The zero-order valence-electron chi connectivity index (χ0n) is 18.0. The average Bonchev–Trinajstić information content (AvgIpc) is 3.33. The lowest BCUT2D eigenvalue weighted by atomic mass is 9.94. The van der Waals surface area contributed by atoms with Crippen molar-refractivity contribution < 1.29 is 29.0 Å².